The predicted octanol–water partition coefficient (Wildman–Crippen LogP) is 9.15. The number of aryl methyl sites for hydroxylation is 8. The normalized spacial score (nSPS) is 10.8. The molecule has 0 saturated carbocycles. The summed E-state index contributed by atoms with van der Waals surface area (Å²) in [6.45, 7) is 19.9. The van der Waals surface area contributed by atoms with Crippen molar-refractivity contribution in [3.8, 4) is 11.1 Å². The molecule has 0 atom stereocenters. The zero-order chi connectivity index (χ0) is 44.8. The third-order valence-electron chi connectivity index (χ3n) is 10.4. The first-order chi connectivity index (χ1) is 29.5. The standard InChI is InChI=1S/C52H48P2.2C2H4O2.Ru/c1-33-21-34(2)26-43(25-33)53(44-27-35(3)22-36(4)28-44)49-19-17-41-13-9-11-15-47(41)51(49)52-48-16-12-10-14-42(48)18-20-50(52)54(45-29-37(5)23-38(6)30-45)46-31-39(7)24-40(8)32-46;2*1-2(3)4;/h9-32H,1-8H3;2*1H3,(H,3,4);/q;;;+2/p-2. The van der Waals surface area contributed by atoms with E-state index in [9.17, 15) is 0 Å². The van der Waals surface area contributed by atoms with Gasteiger partial charge >= 0.3 is 19.5 Å². The van der Waals surface area contributed by atoms with E-state index in [0.29, 0.717) is 0 Å². The number of fused-ring (bicyclic) bond motifs is 2. The topological polar surface area (TPSA) is 80.3 Å². The van der Waals surface area contributed by atoms with Gasteiger partial charge in [-0.05, 0) is 150 Å². The molecule has 8 aromatic carbocycles. The van der Waals surface area contributed by atoms with Crippen molar-refractivity contribution in [3.63, 3.8) is 0 Å². The van der Waals surface area contributed by atoms with Gasteiger partial charge in [-0.3, -0.25) is 0 Å². The van der Waals surface area contributed by atoms with Crippen molar-refractivity contribution in [3.05, 3.63) is 190 Å². The second-order valence-corrected chi connectivity index (χ2v) is 20.8. The van der Waals surface area contributed by atoms with Crippen molar-refractivity contribution >= 4 is 81.2 Å². The summed E-state index contributed by atoms with van der Waals surface area (Å²) in [5.74, 6) is -2.17. The van der Waals surface area contributed by atoms with Crippen molar-refractivity contribution in [2.45, 2.75) is 69.2 Å². The van der Waals surface area contributed by atoms with Crippen LogP contribution in [0.4, 0.5) is 0 Å². The first kappa shape index (κ1) is 48.7. The predicted molar refractivity (Wildman–Crippen MR) is 264 cm³/mol. The van der Waals surface area contributed by atoms with E-state index >= 15 is 0 Å². The van der Waals surface area contributed by atoms with E-state index in [0.717, 1.165) is 13.8 Å². The van der Waals surface area contributed by atoms with Gasteiger partial charge in [0.15, 0.2) is 0 Å². The summed E-state index contributed by atoms with van der Waals surface area (Å²) in [5, 5.41) is 31.4. The van der Waals surface area contributed by atoms with Crippen LogP contribution in [0.25, 0.3) is 32.7 Å². The average molecular weight is 954 g/mol. The summed E-state index contributed by atoms with van der Waals surface area (Å²) in [5.41, 5.74) is 13.2. The van der Waals surface area contributed by atoms with Gasteiger partial charge in [-0.1, -0.05) is 190 Å². The van der Waals surface area contributed by atoms with E-state index in [-0.39, 0.29) is 19.5 Å². The van der Waals surface area contributed by atoms with Gasteiger partial charge in [0.2, 0.25) is 0 Å². The Kier molecular flexibility index (Phi) is 16.5. The fourth-order valence-electron chi connectivity index (χ4n) is 8.59. The van der Waals surface area contributed by atoms with Gasteiger partial charge in [-0.2, -0.15) is 0 Å². The van der Waals surface area contributed by atoms with E-state index in [1.807, 2.05) is 0 Å². The molecule has 0 aromatic heterocycles. The Morgan fingerprint density at radius 1 is 0.365 bits per heavy atom. The Balaban J connectivity index is 0.000000768. The molecule has 4 nitrogen and oxygen atoms in total. The van der Waals surface area contributed by atoms with Crippen molar-refractivity contribution in [1.82, 2.24) is 0 Å². The molecule has 0 heterocycles. The number of carboxylic acid groups (broad SMARTS) is 2. The molecule has 7 heteroatoms. The molecule has 320 valence electrons. The van der Waals surface area contributed by atoms with Crippen molar-refractivity contribution in [2.75, 3.05) is 0 Å². The minimum atomic E-state index is -1.08. The maximum Gasteiger partial charge on any atom is 2.00 e. The van der Waals surface area contributed by atoms with Gasteiger partial charge in [0.05, 0.1) is 0 Å². The van der Waals surface area contributed by atoms with Crippen LogP contribution in [0.15, 0.2) is 146 Å². The smallest absolute Gasteiger partial charge is 0.550 e. The maximum atomic E-state index is 8.89. The number of benzene rings is 8. The number of rotatable bonds is 7. The van der Waals surface area contributed by atoms with Crippen LogP contribution in [0.1, 0.15) is 58.4 Å². The molecular weight excluding hydrogens is 900 g/mol. The van der Waals surface area contributed by atoms with Crippen LogP contribution in [-0.2, 0) is 29.1 Å². The Hall–Kier alpha value is -5.30. The zero-order valence-corrected chi connectivity index (χ0v) is 41.3. The van der Waals surface area contributed by atoms with E-state index < -0.39 is 27.8 Å². The van der Waals surface area contributed by atoms with Gasteiger partial charge < -0.3 is 19.8 Å². The third kappa shape index (κ3) is 12.0. The summed E-state index contributed by atoms with van der Waals surface area (Å²) in [6.07, 6.45) is 0. The van der Waals surface area contributed by atoms with Crippen LogP contribution in [0.3, 0.4) is 0 Å². The molecule has 0 aliphatic heterocycles. The van der Waals surface area contributed by atoms with Gasteiger partial charge in [0.25, 0.3) is 0 Å². The van der Waals surface area contributed by atoms with Crippen LogP contribution in [-0.4, -0.2) is 11.9 Å². The molecule has 0 amide bonds. The SMILES string of the molecule is CC(=O)[O-].CC(=O)[O-].Cc1cc(C)cc(P(c2cc(C)cc(C)c2)c2ccc3ccccc3c2-c2c(P(c3cc(C)cc(C)c3)c3cc(C)cc(C)c3)ccc3ccccc23)c1.[Ru+2]. The fraction of sp³-hybridized carbons (Fsp3) is 0.179. The van der Waals surface area contributed by atoms with Crippen LogP contribution in [0, 0.1) is 55.4 Å². The zero-order valence-electron chi connectivity index (χ0n) is 37.7. The first-order valence-corrected chi connectivity index (χ1v) is 23.5. The summed E-state index contributed by atoms with van der Waals surface area (Å²) in [6, 6.07) is 56.6. The molecule has 0 bridgehead atoms. The summed E-state index contributed by atoms with van der Waals surface area (Å²) in [4.78, 5) is 17.8. The molecule has 0 unspecified atom stereocenters. The van der Waals surface area contributed by atoms with E-state index in [1.54, 1.807) is 0 Å². The molecule has 8 aromatic rings. The molecule has 0 aliphatic carbocycles. The van der Waals surface area contributed by atoms with Gasteiger partial charge in [-0.15, -0.1) is 0 Å². The number of carbonyl (C=O) groups excluding carboxylic acids is 2. The number of hydrogen-bond acceptors (Lipinski definition) is 4. The molecule has 0 N–H and O–H groups in total. The number of aliphatic carboxylic acids is 2. The maximum absolute atomic E-state index is 8.89. The number of carbonyl (C=O) groups is 2. The Morgan fingerprint density at radius 2 is 0.587 bits per heavy atom. The minimum Gasteiger partial charge on any atom is -0.550 e. The van der Waals surface area contributed by atoms with Crippen molar-refractivity contribution in [2.24, 2.45) is 0 Å². The molecule has 0 spiro atoms. The van der Waals surface area contributed by atoms with Crippen molar-refractivity contribution < 1.29 is 39.3 Å². The van der Waals surface area contributed by atoms with Crippen LogP contribution >= 0.6 is 15.8 Å². The monoisotopic (exact) mass is 954 g/mol. The second kappa shape index (κ2) is 21.4. The van der Waals surface area contributed by atoms with E-state index in [4.69, 9.17) is 19.8 Å². The van der Waals surface area contributed by atoms with E-state index in [1.165, 1.54) is 109 Å². The first-order valence-electron chi connectivity index (χ1n) is 20.8. The quantitative estimate of drug-likeness (QED) is 0.118. The van der Waals surface area contributed by atoms with Gasteiger partial charge in [-0.25, -0.2) is 0 Å². The minimum absolute atomic E-state index is 0. The molecule has 8 rings (SSSR count). The molecule has 0 aliphatic rings. The largest absolute Gasteiger partial charge is 2.00 e. The Bertz CT molecular complexity index is 2560. The van der Waals surface area contributed by atoms with Crippen LogP contribution in [0.2, 0.25) is 0 Å². The molecule has 63 heavy (non-hydrogen) atoms. The Morgan fingerprint density at radius 3 is 0.825 bits per heavy atom. The molecular formula is C56H54O4P2Ru. The average Bonchev–Trinajstić information content (AvgIpc) is 3.16. The van der Waals surface area contributed by atoms with Gasteiger partial charge in [0.1, 0.15) is 0 Å². The summed E-state index contributed by atoms with van der Waals surface area (Å²) >= 11 is 0. The summed E-state index contributed by atoms with van der Waals surface area (Å²) < 4.78 is 0. The van der Waals surface area contributed by atoms with E-state index in [2.05, 4.69) is 201 Å². The number of carboxylic acids is 2. The second-order valence-electron chi connectivity index (χ2n) is 16.4. The number of hydrogen-bond donors (Lipinski definition) is 0. The third-order valence-corrected chi connectivity index (χ3v) is 15.2. The fourth-order valence-corrected chi connectivity index (χ4v) is 14.3. The van der Waals surface area contributed by atoms with Crippen LogP contribution in [0.5, 0.6) is 0 Å². The van der Waals surface area contributed by atoms with Crippen molar-refractivity contribution in [1.29, 1.82) is 0 Å². The van der Waals surface area contributed by atoms with Gasteiger partial charge in [0, 0.05) is 11.9 Å². The van der Waals surface area contributed by atoms with Crippen LogP contribution < -0.4 is 42.0 Å². The molecule has 0 saturated heterocycles. The molecule has 0 radical (unpaired) electrons. The summed E-state index contributed by atoms with van der Waals surface area (Å²) in [7, 11) is -1.87. The molecule has 0 fully saturated rings. The Labute approximate surface area is 388 Å².